The second-order valence-electron chi connectivity index (χ2n) is 5.74. The van der Waals surface area contributed by atoms with Crippen LogP contribution in [0.5, 0.6) is 0 Å². The molecule has 3 N–H and O–H groups in total. The van der Waals surface area contributed by atoms with Crippen LogP contribution in [-0.4, -0.2) is 26.1 Å². The van der Waals surface area contributed by atoms with Crippen LogP contribution in [0.3, 0.4) is 0 Å². The van der Waals surface area contributed by atoms with Gasteiger partial charge in [-0.25, -0.2) is 4.98 Å². The number of hydrogen-bond donors (Lipinski definition) is 3. The van der Waals surface area contributed by atoms with Gasteiger partial charge in [-0.15, -0.1) is 0 Å². The molecule has 25 heavy (non-hydrogen) atoms. The topological polar surface area (TPSA) is 86.5 Å². The van der Waals surface area contributed by atoms with E-state index in [1.165, 1.54) is 0 Å². The average Bonchev–Trinajstić information content (AvgIpc) is 3.20. The van der Waals surface area contributed by atoms with Gasteiger partial charge < -0.3 is 10.3 Å². The van der Waals surface area contributed by atoms with Gasteiger partial charge in [0.15, 0.2) is 11.6 Å². The number of carbonyl (C=O) groups excluding carboxylic acids is 1. The Hall–Kier alpha value is -3.12. The summed E-state index contributed by atoms with van der Waals surface area (Å²) in [6, 6.07) is 14.7. The van der Waals surface area contributed by atoms with Crippen LogP contribution in [0.1, 0.15) is 15.9 Å². The molecule has 7 heteroatoms. The van der Waals surface area contributed by atoms with E-state index in [9.17, 15) is 4.79 Å². The van der Waals surface area contributed by atoms with Crippen molar-refractivity contribution in [2.75, 3.05) is 5.32 Å². The maximum atomic E-state index is 12.4. The lowest BCUT2D eigenvalue weighted by Crippen LogP contribution is -2.12. The van der Waals surface area contributed by atoms with Gasteiger partial charge in [0.2, 0.25) is 0 Å². The zero-order valence-corrected chi connectivity index (χ0v) is 14.1. The number of halogens is 1. The van der Waals surface area contributed by atoms with Crippen LogP contribution in [0.15, 0.2) is 48.5 Å². The standard InChI is InChI=1S/C18H14ClN5O/c1-10-6-11(8-12(19)7-10)18(25)22-16-9-15(23-24-16)17-20-13-4-2-3-5-14(13)21-17/h2-9H,1H3,(H,20,21)(H2,22,23,24,25). The van der Waals surface area contributed by atoms with Crippen molar-refractivity contribution in [2.24, 2.45) is 0 Å². The fourth-order valence-corrected chi connectivity index (χ4v) is 2.93. The molecule has 2 aromatic heterocycles. The summed E-state index contributed by atoms with van der Waals surface area (Å²) in [5, 5.41) is 10.3. The fraction of sp³-hybridized carbons (Fsp3) is 0.0556. The molecule has 2 heterocycles. The minimum atomic E-state index is -0.270. The third-order valence-corrected chi connectivity index (χ3v) is 3.99. The number of aryl methyl sites for hydroxylation is 1. The average molecular weight is 352 g/mol. The molecule has 0 saturated carbocycles. The Kier molecular flexibility index (Phi) is 3.74. The monoisotopic (exact) mass is 351 g/mol. The van der Waals surface area contributed by atoms with E-state index < -0.39 is 0 Å². The molecule has 0 aliphatic carbocycles. The number of benzene rings is 2. The van der Waals surface area contributed by atoms with E-state index in [0.29, 0.717) is 27.9 Å². The van der Waals surface area contributed by atoms with Gasteiger partial charge in [-0.2, -0.15) is 5.10 Å². The number of nitrogens with one attached hydrogen (secondary N) is 3. The quantitative estimate of drug-likeness (QED) is 0.517. The van der Waals surface area contributed by atoms with Gasteiger partial charge in [0.05, 0.1) is 11.0 Å². The van der Waals surface area contributed by atoms with E-state index in [-0.39, 0.29) is 5.91 Å². The molecule has 4 rings (SSSR count). The van der Waals surface area contributed by atoms with Crippen LogP contribution in [0.4, 0.5) is 5.82 Å². The number of hydrogen-bond acceptors (Lipinski definition) is 3. The third-order valence-electron chi connectivity index (χ3n) is 3.77. The summed E-state index contributed by atoms with van der Waals surface area (Å²) in [5.74, 6) is 0.805. The molecule has 0 aliphatic rings. The molecule has 0 bridgehead atoms. The van der Waals surface area contributed by atoms with E-state index in [2.05, 4.69) is 25.5 Å². The van der Waals surface area contributed by atoms with E-state index in [1.807, 2.05) is 31.2 Å². The summed E-state index contributed by atoms with van der Waals surface area (Å²) >= 11 is 6.01. The molecular weight excluding hydrogens is 338 g/mol. The van der Waals surface area contributed by atoms with Gasteiger partial charge in [0.25, 0.3) is 5.91 Å². The van der Waals surface area contributed by atoms with E-state index in [0.717, 1.165) is 16.6 Å². The molecular formula is C18H14ClN5O. The Morgan fingerprint density at radius 2 is 2.00 bits per heavy atom. The van der Waals surface area contributed by atoms with Crippen molar-refractivity contribution in [3.8, 4) is 11.5 Å². The number of aromatic nitrogens is 4. The highest BCUT2D eigenvalue weighted by Gasteiger charge is 2.12. The summed E-state index contributed by atoms with van der Waals surface area (Å²) in [6.45, 7) is 1.89. The van der Waals surface area contributed by atoms with Gasteiger partial charge in [-0.05, 0) is 42.8 Å². The van der Waals surface area contributed by atoms with Crippen molar-refractivity contribution in [3.63, 3.8) is 0 Å². The van der Waals surface area contributed by atoms with Crippen molar-refractivity contribution in [3.05, 3.63) is 64.7 Å². The normalized spacial score (nSPS) is 11.0. The number of H-pyrrole nitrogens is 2. The van der Waals surface area contributed by atoms with Crippen molar-refractivity contribution < 1.29 is 4.79 Å². The third kappa shape index (κ3) is 3.12. The number of carbonyl (C=O) groups is 1. The highest BCUT2D eigenvalue weighted by Crippen LogP contribution is 2.21. The molecule has 0 atom stereocenters. The molecule has 124 valence electrons. The second kappa shape index (κ2) is 6.07. The van der Waals surface area contributed by atoms with E-state index in [4.69, 9.17) is 11.6 Å². The number of amides is 1. The predicted octanol–water partition coefficient (Wildman–Crippen LogP) is 4.17. The Morgan fingerprint density at radius 3 is 2.80 bits per heavy atom. The fourth-order valence-electron chi connectivity index (χ4n) is 2.64. The number of fused-ring (bicyclic) bond motifs is 1. The summed E-state index contributed by atoms with van der Waals surface area (Å²) < 4.78 is 0. The Morgan fingerprint density at radius 1 is 1.16 bits per heavy atom. The lowest BCUT2D eigenvalue weighted by Gasteiger charge is -2.03. The highest BCUT2D eigenvalue weighted by molar-refractivity contribution is 6.31. The molecule has 4 aromatic rings. The highest BCUT2D eigenvalue weighted by atomic mass is 35.5. The van der Waals surface area contributed by atoms with Crippen LogP contribution >= 0.6 is 11.6 Å². The van der Waals surface area contributed by atoms with Crippen molar-refractivity contribution >= 4 is 34.4 Å². The molecule has 2 aromatic carbocycles. The van der Waals surface area contributed by atoms with Gasteiger partial charge in [-0.3, -0.25) is 9.89 Å². The first kappa shape index (κ1) is 15.4. The zero-order valence-electron chi connectivity index (χ0n) is 13.3. The Labute approximate surface area is 148 Å². The lowest BCUT2D eigenvalue weighted by molar-refractivity contribution is 0.102. The molecule has 0 radical (unpaired) electrons. The molecule has 0 spiro atoms. The van der Waals surface area contributed by atoms with Crippen LogP contribution in [0, 0.1) is 6.92 Å². The predicted molar refractivity (Wildman–Crippen MR) is 97.8 cm³/mol. The van der Waals surface area contributed by atoms with Crippen molar-refractivity contribution in [2.45, 2.75) is 6.92 Å². The van der Waals surface area contributed by atoms with Gasteiger partial charge in [0, 0.05) is 16.7 Å². The number of aromatic amines is 2. The summed E-state index contributed by atoms with van der Waals surface area (Å²) in [4.78, 5) is 20.1. The van der Waals surface area contributed by atoms with E-state index >= 15 is 0 Å². The molecule has 0 fully saturated rings. The molecule has 0 saturated heterocycles. The van der Waals surface area contributed by atoms with Crippen LogP contribution in [0.2, 0.25) is 5.02 Å². The second-order valence-corrected chi connectivity index (χ2v) is 6.18. The number of para-hydroxylation sites is 2. The van der Waals surface area contributed by atoms with E-state index in [1.54, 1.807) is 24.3 Å². The Balaban J connectivity index is 1.57. The smallest absolute Gasteiger partial charge is 0.256 e. The molecule has 0 aliphatic heterocycles. The maximum absolute atomic E-state index is 12.4. The van der Waals surface area contributed by atoms with Gasteiger partial charge in [-0.1, -0.05) is 23.7 Å². The number of imidazole rings is 1. The number of anilines is 1. The zero-order chi connectivity index (χ0) is 17.4. The largest absolute Gasteiger partial charge is 0.337 e. The van der Waals surface area contributed by atoms with Crippen LogP contribution < -0.4 is 5.32 Å². The molecule has 6 nitrogen and oxygen atoms in total. The van der Waals surface area contributed by atoms with Crippen LogP contribution in [-0.2, 0) is 0 Å². The minimum Gasteiger partial charge on any atom is -0.337 e. The van der Waals surface area contributed by atoms with Crippen molar-refractivity contribution in [1.29, 1.82) is 0 Å². The first-order valence-electron chi connectivity index (χ1n) is 7.67. The number of rotatable bonds is 3. The van der Waals surface area contributed by atoms with Crippen LogP contribution in [0.25, 0.3) is 22.6 Å². The summed E-state index contributed by atoms with van der Waals surface area (Å²) in [5.41, 5.74) is 3.90. The summed E-state index contributed by atoms with van der Waals surface area (Å²) in [6.07, 6.45) is 0. The molecule has 0 unspecified atom stereocenters. The lowest BCUT2D eigenvalue weighted by atomic mass is 10.1. The summed E-state index contributed by atoms with van der Waals surface area (Å²) in [7, 11) is 0. The first-order valence-corrected chi connectivity index (χ1v) is 8.05. The van der Waals surface area contributed by atoms with Crippen molar-refractivity contribution in [1.82, 2.24) is 20.2 Å². The Bertz CT molecular complexity index is 1030. The maximum Gasteiger partial charge on any atom is 0.256 e. The van der Waals surface area contributed by atoms with Gasteiger partial charge >= 0.3 is 0 Å². The minimum absolute atomic E-state index is 0.270. The molecule has 1 amide bonds. The number of nitrogens with zero attached hydrogens (tertiary/aromatic N) is 2. The first-order chi connectivity index (χ1) is 12.1. The van der Waals surface area contributed by atoms with Gasteiger partial charge in [0.1, 0.15) is 5.69 Å². The SMILES string of the molecule is Cc1cc(Cl)cc(C(=O)Nc2cc(-c3nc4ccccc4[nH]3)[nH]n2)c1.